The van der Waals surface area contributed by atoms with Crippen molar-refractivity contribution in [1.82, 2.24) is 9.55 Å². The fraction of sp³-hybridized carbons (Fsp3) is 0.188. The number of benzene rings is 2. The highest BCUT2D eigenvalue weighted by atomic mass is 16.3. The lowest BCUT2D eigenvalue weighted by Crippen LogP contribution is -2.08. The van der Waals surface area contributed by atoms with Gasteiger partial charge >= 0.3 is 0 Å². The molecule has 2 aromatic carbocycles. The molecule has 0 bridgehead atoms. The lowest BCUT2D eigenvalue weighted by molar-refractivity contribution is 0.158. The van der Waals surface area contributed by atoms with Gasteiger partial charge in [0.15, 0.2) is 0 Å². The summed E-state index contributed by atoms with van der Waals surface area (Å²) in [6.07, 6.45) is 1.21. The highest BCUT2D eigenvalue weighted by Gasteiger charge is 2.10. The van der Waals surface area contributed by atoms with Gasteiger partial charge in [-0.15, -0.1) is 0 Å². The highest BCUT2D eigenvalue weighted by molar-refractivity contribution is 5.74. The van der Waals surface area contributed by atoms with Gasteiger partial charge in [0, 0.05) is 6.54 Å². The molecule has 3 aromatic rings. The number of imidazole rings is 1. The summed E-state index contributed by atoms with van der Waals surface area (Å²) >= 11 is 0. The summed E-state index contributed by atoms with van der Waals surface area (Å²) in [4.78, 5) is 4.33. The van der Waals surface area contributed by atoms with E-state index in [1.807, 2.05) is 53.1 Å². The molecule has 3 N–H and O–H groups in total. The van der Waals surface area contributed by atoms with Crippen molar-refractivity contribution in [3.05, 3.63) is 66.0 Å². The zero-order chi connectivity index (χ0) is 13.9. The van der Waals surface area contributed by atoms with Crippen molar-refractivity contribution < 1.29 is 5.11 Å². The number of para-hydroxylation sites is 2. The van der Waals surface area contributed by atoms with Crippen LogP contribution in [0.1, 0.15) is 17.2 Å². The Kier molecular flexibility index (Phi) is 3.50. The third kappa shape index (κ3) is 2.43. The fourth-order valence-electron chi connectivity index (χ4n) is 2.32. The van der Waals surface area contributed by atoms with Crippen LogP contribution in [0.2, 0.25) is 0 Å². The van der Waals surface area contributed by atoms with Crippen molar-refractivity contribution in [2.45, 2.75) is 19.2 Å². The number of rotatable bonds is 4. The van der Waals surface area contributed by atoms with Gasteiger partial charge in [0.1, 0.15) is 0 Å². The van der Waals surface area contributed by atoms with Crippen LogP contribution < -0.4 is 5.73 Å². The Morgan fingerprint density at radius 1 is 1.10 bits per heavy atom. The Bertz CT molecular complexity index is 703. The van der Waals surface area contributed by atoms with E-state index in [0.717, 1.165) is 22.2 Å². The first kappa shape index (κ1) is 12.8. The van der Waals surface area contributed by atoms with E-state index in [1.165, 1.54) is 0 Å². The Hall–Kier alpha value is -2.17. The average Bonchev–Trinajstić information content (AvgIpc) is 2.91. The van der Waals surface area contributed by atoms with Crippen molar-refractivity contribution in [3.8, 4) is 0 Å². The average molecular weight is 267 g/mol. The second-order valence-electron chi connectivity index (χ2n) is 4.85. The summed E-state index contributed by atoms with van der Waals surface area (Å²) in [5, 5.41) is 10.3. The van der Waals surface area contributed by atoms with E-state index in [0.29, 0.717) is 13.1 Å². The van der Waals surface area contributed by atoms with Crippen LogP contribution in [0.4, 0.5) is 0 Å². The van der Waals surface area contributed by atoms with E-state index in [9.17, 15) is 5.11 Å². The Morgan fingerprint density at radius 2 is 1.85 bits per heavy atom. The zero-order valence-corrected chi connectivity index (χ0v) is 11.1. The molecule has 0 aliphatic rings. The van der Waals surface area contributed by atoms with Crippen LogP contribution in [0.15, 0.2) is 54.9 Å². The molecule has 3 rings (SSSR count). The molecule has 0 aliphatic heterocycles. The van der Waals surface area contributed by atoms with Gasteiger partial charge in [-0.05, 0) is 23.3 Å². The SMILES string of the molecule is NCc1ccc(C(O)Cn2cnc3ccccc32)cc1. The summed E-state index contributed by atoms with van der Waals surface area (Å²) in [5.41, 5.74) is 9.50. The van der Waals surface area contributed by atoms with Crippen molar-refractivity contribution in [2.24, 2.45) is 5.73 Å². The second-order valence-corrected chi connectivity index (χ2v) is 4.85. The largest absolute Gasteiger partial charge is 0.387 e. The maximum atomic E-state index is 10.3. The summed E-state index contributed by atoms with van der Waals surface area (Å²) < 4.78 is 1.97. The van der Waals surface area contributed by atoms with Crippen LogP contribution in [0.25, 0.3) is 11.0 Å². The number of aliphatic hydroxyl groups is 1. The minimum atomic E-state index is -0.556. The molecule has 0 saturated heterocycles. The molecule has 0 saturated carbocycles. The first-order valence-corrected chi connectivity index (χ1v) is 6.65. The van der Waals surface area contributed by atoms with E-state index in [2.05, 4.69) is 4.98 Å². The van der Waals surface area contributed by atoms with Gasteiger partial charge in [0.2, 0.25) is 0 Å². The van der Waals surface area contributed by atoms with Crippen molar-refractivity contribution in [2.75, 3.05) is 0 Å². The van der Waals surface area contributed by atoms with Gasteiger partial charge in [-0.25, -0.2) is 4.98 Å². The van der Waals surface area contributed by atoms with Crippen LogP contribution >= 0.6 is 0 Å². The molecule has 0 fully saturated rings. The quantitative estimate of drug-likeness (QED) is 0.762. The molecule has 4 nitrogen and oxygen atoms in total. The predicted octanol–water partition coefficient (Wildman–Crippen LogP) is 2.23. The van der Waals surface area contributed by atoms with Crippen molar-refractivity contribution >= 4 is 11.0 Å². The molecular formula is C16H17N3O. The first-order chi connectivity index (χ1) is 9.78. The Labute approximate surface area is 117 Å². The molecule has 0 radical (unpaired) electrons. The van der Waals surface area contributed by atoms with Gasteiger partial charge < -0.3 is 15.4 Å². The van der Waals surface area contributed by atoms with Gasteiger partial charge in [0.25, 0.3) is 0 Å². The fourth-order valence-corrected chi connectivity index (χ4v) is 2.32. The number of hydrogen-bond acceptors (Lipinski definition) is 3. The molecule has 1 atom stereocenters. The molecule has 1 heterocycles. The monoisotopic (exact) mass is 267 g/mol. The molecule has 1 aromatic heterocycles. The maximum Gasteiger partial charge on any atom is 0.0969 e. The lowest BCUT2D eigenvalue weighted by Gasteiger charge is -2.13. The van der Waals surface area contributed by atoms with E-state index >= 15 is 0 Å². The summed E-state index contributed by atoms with van der Waals surface area (Å²) in [5.74, 6) is 0. The minimum absolute atomic E-state index is 0.489. The van der Waals surface area contributed by atoms with Gasteiger partial charge in [-0.3, -0.25) is 0 Å². The summed E-state index contributed by atoms with van der Waals surface area (Å²) in [6.45, 7) is 1.00. The molecular weight excluding hydrogens is 250 g/mol. The van der Waals surface area contributed by atoms with Gasteiger partial charge in [0.05, 0.1) is 30.0 Å². The molecule has 0 amide bonds. The number of aliphatic hydroxyl groups excluding tert-OH is 1. The van der Waals surface area contributed by atoms with E-state index in [-0.39, 0.29) is 0 Å². The number of fused-ring (bicyclic) bond motifs is 1. The zero-order valence-electron chi connectivity index (χ0n) is 11.1. The summed E-state index contributed by atoms with van der Waals surface area (Å²) in [6, 6.07) is 15.7. The van der Waals surface area contributed by atoms with Crippen LogP contribution in [-0.4, -0.2) is 14.7 Å². The third-order valence-electron chi connectivity index (χ3n) is 3.50. The topological polar surface area (TPSA) is 64.1 Å². The molecule has 1 unspecified atom stereocenters. The first-order valence-electron chi connectivity index (χ1n) is 6.65. The smallest absolute Gasteiger partial charge is 0.0969 e. The lowest BCUT2D eigenvalue weighted by atomic mass is 10.1. The maximum absolute atomic E-state index is 10.3. The number of nitrogens with zero attached hydrogens (tertiary/aromatic N) is 2. The molecule has 102 valence electrons. The van der Waals surface area contributed by atoms with E-state index < -0.39 is 6.10 Å². The van der Waals surface area contributed by atoms with E-state index in [4.69, 9.17) is 5.73 Å². The van der Waals surface area contributed by atoms with Crippen LogP contribution in [0, 0.1) is 0 Å². The van der Waals surface area contributed by atoms with Crippen LogP contribution in [-0.2, 0) is 13.1 Å². The normalized spacial score (nSPS) is 12.7. The molecule has 0 spiro atoms. The number of hydrogen-bond donors (Lipinski definition) is 2. The molecule has 0 aliphatic carbocycles. The number of nitrogens with two attached hydrogens (primary N) is 1. The Balaban J connectivity index is 1.82. The highest BCUT2D eigenvalue weighted by Crippen LogP contribution is 2.19. The van der Waals surface area contributed by atoms with Crippen LogP contribution in [0.3, 0.4) is 0 Å². The Morgan fingerprint density at radius 3 is 2.60 bits per heavy atom. The third-order valence-corrected chi connectivity index (χ3v) is 3.50. The number of aromatic nitrogens is 2. The van der Waals surface area contributed by atoms with E-state index in [1.54, 1.807) is 6.33 Å². The van der Waals surface area contributed by atoms with Crippen molar-refractivity contribution in [1.29, 1.82) is 0 Å². The minimum Gasteiger partial charge on any atom is -0.387 e. The molecule has 4 heteroatoms. The predicted molar refractivity (Wildman–Crippen MR) is 79.0 cm³/mol. The van der Waals surface area contributed by atoms with Crippen molar-refractivity contribution in [3.63, 3.8) is 0 Å². The summed E-state index contributed by atoms with van der Waals surface area (Å²) in [7, 11) is 0. The van der Waals surface area contributed by atoms with Crippen LogP contribution in [0.5, 0.6) is 0 Å². The molecule has 20 heavy (non-hydrogen) atoms. The standard InChI is InChI=1S/C16H17N3O/c17-9-12-5-7-13(8-6-12)16(20)10-19-11-18-14-3-1-2-4-15(14)19/h1-8,11,16,20H,9-10,17H2. The second kappa shape index (κ2) is 5.45. The van der Waals surface area contributed by atoms with Gasteiger partial charge in [-0.1, -0.05) is 36.4 Å². The van der Waals surface area contributed by atoms with Gasteiger partial charge in [-0.2, -0.15) is 0 Å².